The first-order valence-corrected chi connectivity index (χ1v) is 7.47. The highest BCUT2D eigenvalue weighted by Gasteiger charge is 2.34. The van der Waals surface area contributed by atoms with E-state index in [4.69, 9.17) is 0 Å². The molecule has 0 atom stereocenters. The smallest absolute Gasteiger partial charge is 0.369 e. The van der Waals surface area contributed by atoms with Crippen LogP contribution in [0.15, 0.2) is 12.4 Å². The van der Waals surface area contributed by atoms with E-state index in [9.17, 15) is 13.2 Å². The van der Waals surface area contributed by atoms with E-state index in [1.807, 2.05) is 0 Å². The third-order valence-electron chi connectivity index (χ3n) is 3.54. The summed E-state index contributed by atoms with van der Waals surface area (Å²) in [6, 6.07) is 1.66. The van der Waals surface area contributed by atoms with Crippen molar-refractivity contribution in [3.05, 3.63) is 18.1 Å². The third-order valence-corrected chi connectivity index (χ3v) is 3.54. The van der Waals surface area contributed by atoms with Crippen molar-refractivity contribution in [1.29, 1.82) is 0 Å². The van der Waals surface area contributed by atoms with Crippen LogP contribution in [0.2, 0.25) is 0 Å². The molecule has 9 heteroatoms. The molecule has 0 saturated carbocycles. The van der Waals surface area contributed by atoms with Crippen molar-refractivity contribution in [3.8, 4) is 0 Å². The minimum Gasteiger partial charge on any atom is -0.369 e. The lowest BCUT2D eigenvalue weighted by Gasteiger charge is -2.30. The van der Waals surface area contributed by atoms with E-state index in [0.717, 1.165) is 6.07 Å². The van der Waals surface area contributed by atoms with Crippen molar-refractivity contribution in [3.63, 3.8) is 0 Å². The summed E-state index contributed by atoms with van der Waals surface area (Å²) >= 11 is 0. The van der Waals surface area contributed by atoms with E-state index >= 15 is 0 Å². The number of alkyl halides is 3. The van der Waals surface area contributed by atoms with Crippen LogP contribution < -0.4 is 5.32 Å². The van der Waals surface area contributed by atoms with Gasteiger partial charge in [0, 0.05) is 31.2 Å². The van der Waals surface area contributed by atoms with Crippen LogP contribution in [0.3, 0.4) is 0 Å². The van der Waals surface area contributed by atoms with Gasteiger partial charge in [-0.05, 0) is 27.7 Å². The van der Waals surface area contributed by atoms with Gasteiger partial charge in [-0.1, -0.05) is 0 Å². The van der Waals surface area contributed by atoms with Crippen LogP contribution in [0.5, 0.6) is 0 Å². The predicted molar refractivity (Wildman–Crippen MR) is 81.3 cm³/mol. The molecule has 0 bridgehead atoms. The number of anilines is 1. The van der Waals surface area contributed by atoms with Crippen molar-refractivity contribution < 1.29 is 13.2 Å². The highest BCUT2D eigenvalue weighted by atomic mass is 19.4. The van der Waals surface area contributed by atoms with Crippen LogP contribution in [0.25, 0.3) is 5.78 Å². The molecule has 2 aromatic rings. The normalized spacial score (nSPS) is 12.8. The van der Waals surface area contributed by atoms with Gasteiger partial charge in [-0.2, -0.15) is 27.8 Å². The molecule has 1 N–H and O–H groups in total. The first-order chi connectivity index (χ1) is 10.7. The summed E-state index contributed by atoms with van der Waals surface area (Å²) in [5.74, 6) is 0.152. The van der Waals surface area contributed by atoms with Gasteiger partial charge in [0.25, 0.3) is 5.78 Å². The standard InChI is InChI=1S/C14H21F3N6/c1-9(2)22(10(3)4)6-5-18-12-7-11(14(15,16)17)21-13-19-8-20-23(12)13/h7-10,18H,5-6H2,1-4H3. The number of hydrogen-bond donors (Lipinski definition) is 1. The fourth-order valence-electron chi connectivity index (χ4n) is 2.51. The molecule has 0 aliphatic carbocycles. The molecule has 0 aliphatic rings. The number of rotatable bonds is 6. The molecule has 0 saturated heterocycles. The number of fused-ring (bicyclic) bond motifs is 1. The number of nitrogens with zero attached hydrogens (tertiary/aromatic N) is 5. The Morgan fingerprint density at radius 2 is 1.87 bits per heavy atom. The van der Waals surface area contributed by atoms with Crippen molar-refractivity contribution in [2.75, 3.05) is 18.4 Å². The Morgan fingerprint density at radius 1 is 1.22 bits per heavy atom. The van der Waals surface area contributed by atoms with E-state index < -0.39 is 11.9 Å². The number of aromatic nitrogens is 4. The fraction of sp³-hybridized carbons (Fsp3) is 0.643. The Labute approximate surface area is 132 Å². The van der Waals surface area contributed by atoms with Crippen molar-refractivity contribution in [2.45, 2.75) is 46.0 Å². The van der Waals surface area contributed by atoms with Gasteiger partial charge in [0.05, 0.1) is 0 Å². The van der Waals surface area contributed by atoms with Gasteiger partial charge in [0.2, 0.25) is 0 Å². The monoisotopic (exact) mass is 330 g/mol. The van der Waals surface area contributed by atoms with Gasteiger partial charge in [-0.15, -0.1) is 0 Å². The van der Waals surface area contributed by atoms with Crippen LogP contribution >= 0.6 is 0 Å². The molecule has 0 aliphatic heterocycles. The molecule has 0 fully saturated rings. The Morgan fingerprint density at radius 3 is 2.43 bits per heavy atom. The summed E-state index contributed by atoms with van der Waals surface area (Å²) in [5.41, 5.74) is -0.981. The lowest BCUT2D eigenvalue weighted by Crippen LogP contribution is -2.40. The molecule has 2 aromatic heterocycles. The molecule has 6 nitrogen and oxygen atoms in total. The summed E-state index contributed by atoms with van der Waals surface area (Å²) in [6.07, 6.45) is -3.34. The van der Waals surface area contributed by atoms with Gasteiger partial charge in [0.15, 0.2) is 5.69 Å². The molecular weight excluding hydrogens is 309 g/mol. The Kier molecular flexibility index (Phi) is 5.08. The van der Waals surface area contributed by atoms with Crippen molar-refractivity contribution >= 4 is 11.6 Å². The zero-order valence-electron chi connectivity index (χ0n) is 13.6. The highest BCUT2D eigenvalue weighted by molar-refractivity contribution is 5.45. The van der Waals surface area contributed by atoms with E-state index in [1.165, 1.54) is 10.8 Å². The van der Waals surface area contributed by atoms with E-state index in [-0.39, 0.29) is 11.6 Å². The fourth-order valence-corrected chi connectivity index (χ4v) is 2.51. The van der Waals surface area contributed by atoms with E-state index in [1.54, 1.807) is 0 Å². The second kappa shape index (κ2) is 6.69. The Bertz CT molecular complexity index is 641. The van der Waals surface area contributed by atoms with Crippen LogP contribution in [-0.2, 0) is 6.18 Å². The first-order valence-electron chi connectivity index (χ1n) is 7.47. The zero-order chi connectivity index (χ0) is 17.2. The highest BCUT2D eigenvalue weighted by Crippen LogP contribution is 2.29. The largest absolute Gasteiger partial charge is 0.433 e. The molecule has 0 radical (unpaired) electrons. The van der Waals surface area contributed by atoms with Gasteiger partial charge < -0.3 is 5.32 Å². The Hall–Kier alpha value is -1.90. The van der Waals surface area contributed by atoms with Gasteiger partial charge in [-0.3, -0.25) is 4.90 Å². The molecule has 0 aromatic carbocycles. The predicted octanol–water partition coefficient (Wildman–Crippen LogP) is 2.67. The number of halogens is 3. The number of nitrogens with one attached hydrogen (secondary N) is 1. The van der Waals surface area contributed by atoms with Crippen LogP contribution in [0.1, 0.15) is 33.4 Å². The second-order valence-electron chi connectivity index (χ2n) is 5.85. The molecule has 0 unspecified atom stereocenters. The summed E-state index contributed by atoms with van der Waals surface area (Å²) in [7, 11) is 0. The quantitative estimate of drug-likeness (QED) is 0.882. The minimum atomic E-state index is -4.52. The lowest BCUT2D eigenvalue weighted by atomic mass is 10.2. The maximum absolute atomic E-state index is 12.9. The molecular formula is C14H21F3N6. The van der Waals surface area contributed by atoms with Crippen molar-refractivity contribution in [1.82, 2.24) is 24.5 Å². The van der Waals surface area contributed by atoms with Gasteiger partial charge in [0.1, 0.15) is 12.1 Å². The molecule has 2 rings (SSSR count). The zero-order valence-corrected chi connectivity index (χ0v) is 13.6. The topological polar surface area (TPSA) is 58.3 Å². The minimum absolute atomic E-state index is 0.0769. The van der Waals surface area contributed by atoms with Crippen molar-refractivity contribution in [2.24, 2.45) is 0 Å². The van der Waals surface area contributed by atoms with Gasteiger partial charge in [-0.25, -0.2) is 4.98 Å². The Balaban J connectivity index is 2.18. The maximum Gasteiger partial charge on any atom is 0.433 e. The third kappa shape index (κ3) is 4.10. The lowest BCUT2D eigenvalue weighted by molar-refractivity contribution is -0.141. The molecule has 0 amide bonds. The van der Waals surface area contributed by atoms with E-state index in [2.05, 4.69) is 53.0 Å². The molecule has 128 valence electrons. The molecule has 23 heavy (non-hydrogen) atoms. The average Bonchev–Trinajstić information content (AvgIpc) is 2.89. The first kappa shape index (κ1) is 17.5. The summed E-state index contributed by atoms with van der Waals surface area (Å²) in [4.78, 5) is 9.47. The summed E-state index contributed by atoms with van der Waals surface area (Å²) in [5, 5.41) is 6.91. The summed E-state index contributed by atoms with van der Waals surface area (Å²) < 4.78 is 40.0. The number of hydrogen-bond acceptors (Lipinski definition) is 5. The SMILES string of the molecule is CC(C)N(CCNc1cc(C(F)(F)F)nc2ncnn12)C(C)C. The molecule has 2 heterocycles. The molecule has 0 spiro atoms. The maximum atomic E-state index is 12.9. The second-order valence-corrected chi connectivity index (χ2v) is 5.85. The summed E-state index contributed by atoms with van der Waals surface area (Å²) in [6.45, 7) is 9.54. The van der Waals surface area contributed by atoms with Crippen LogP contribution in [-0.4, -0.2) is 49.7 Å². The van der Waals surface area contributed by atoms with Crippen LogP contribution in [0.4, 0.5) is 19.0 Å². The van der Waals surface area contributed by atoms with E-state index in [0.29, 0.717) is 25.2 Å². The average molecular weight is 330 g/mol. The van der Waals surface area contributed by atoms with Crippen LogP contribution in [0, 0.1) is 0 Å². The van der Waals surface area contributed by atoms with Gasteiger partial charge >= 0.3 is 6.18 Å².